The lowest BCUT2D eigenvalue weighted by atomic mass is 10.1. The average molecular weight is 263 g/mol. The summed E-state index contributed by atoms with van der Waals surface area (Å²) in [6, 6.07) is 5.42. The van der Waals surface area contributed by atoms with E-state index < -0.39 is 9.05 Å². The number of aryl methyl sites for hydroxylation is 1. The predicted molar refractivity (Wildman–Crippen MR) is 60.8 cm³/mol. The van der Waals surface area contributed by atoms with E-state index in [4.69, 9.17) is 20.2 Å². The van der Waals surface area contributed by atoms with E-state index in [2.05, 4.69) is 0 Å². The van der Waals surface area contributed by atoms with Crippen LogP contribution in [0.1, 0.15) is 5.56 Å². The first-order chi connectivity index (χ1) is 7.56. The van der Waals surface area contributed by atoms with Gasteiger partial charge in [-0.1, -0.05) is 12.1 Å². The number of hydrogen-bond donors (Lipinski definition) is 0. The van der Waals surface area contributed by atoms with Gasteiger partial charge in [-0.05, 0) is 18.1 Å². The molecule has 0 N–H and O–H groups in total. The Labute approximate surface area is 98.5 Å². The third-order valence-corrected chi connectivity index (χ3v) is 3.42. The van der Waals surface area contributed by atoms with E-state index in [9.17, 15) is 8.42 Å². The van der Waals surface area contributed by atoms with Gasteiger partial charge >= 0.3 is 0 Å². The Kier molecular flexibility index (Phi) is 3.25. The molecule has 0 atom stereocenters. The van der Waals surface area contributed by atoms with Crippen molar-refractivity contribution < 1.29 is 17.9 Å². The Hall–Kier alpha value is -0.940. The second kappa shape index (κ2) is 4.51. The summed E-state index contributed by atoms with van der Waals surface area (Å²) in [6.45, 7) is 1.00. The second-order valence-electron chi connectivity index (χ2n) is 3.43. The van der Waals surface area contributed by atoms with E-state index in [1.165, 1.54) is 0 Å². The normalized spacial score (nSPS) is 14.8. The monoisotopic (exact) mass is 262 g/mol. The van der Waals surface area contributed by atoms with Gasteiger partial charge in [0.1, 0.15) is 13.2 Å². The van der Waals surface area contributed by atoms with E-state index in [1.54, 1.807) is 6.07 Å². The van der Waals surface area contributed by atoms with E-state index in [0.29, 0.717) is 31.1 Å². The summed E-state index contributed by atoms with van der Waals surface area (Å²) in [7, 11) is 1.69. The summed E-state index contributed by atoms with van der Waals surface area (Å²) in [6.07, 6.45) is 0.332. The Balaban J connectivity index is 2.21. The quantitative estimate of drug-likeness (QED) is 0.776. The van der Waals surface area contributed by atoms with Crippen molar-refractivity contribution in [2.75, 3.05) is 19.0 Å². The van der Waals surface area contributed by atoms with Crippen molar-refractivity contribution in [1.82, 2.24) is 0 Å². The van der Waals surface area contributed by atoms with Gasteiger partial charge in [0.05, 0.1) is 5.75 Å². The number of fused-ring (bicyclic) bond motifs is 1. The molecule has 0 aliphatic carbocycles. The summed E-state index contributed by atoms with van der Waals surface area (Å²) in [5.41, 5.74) is 0.807. The minimum Gasteiger partial charge on any atom is -0.486 e. The van der Waals surface area contributed by atoms with Crippen LogP contribution in [0.5, 0.6) is 11.5 Å². The van der Waals surface area contributed by atoms with Gasteiger partial charge in [0.25, 0.3) is 0 Å². The van der Waals surface area contributed by atoms with Crippen LogP contribution in [0.25, 0.3) is 0 Å². The Bertz CT molecular complexity index is 484. The molecule has 0 fully saturated rings. The summed E-state index contributed by atoms with van der Waals surface area (Å²) in [5.74, 6) is 1.19. The molecule has 0 saturated heterocycles. The van der Waals surface area contributed by atoms with Gasteiger partial charge in [0.15, 0.2) is 11.5 Å². The highest BCUT2D eigenvalue weighted by Crippen LogP contribution is 2.33. The maximum Gasteiger partial charge on any atom is 0.232 e. The molecule has 1 aromatic carbocycles. The maximum absolute atomic E-state index is 10.9. The van der Waals surface area contributed by atoms with Crippen molar-refractivity contribution in [2.24, 2.45) is 0 Å². The van der Waals surface area contributed by atoms with E-state index in [0.717, 1.165) is 5.56 Å². The zero-order valence-electron chi connectivity index (χ0n) is 8.48. The summed E-state index contributed by atoms with van der Waals surface area (Å²) < 4.78 is 32.6. The molecule has 0 amide bonds. The smallest absolute Gasteiger partial charge is 0.232 e. The van der Waals surface area contributed by atoms with Crippen LogP contribution in [0, 0.1) is 0 Å². The fraction of sp³-hybridized carbons (Fsp3) is 0.400. The van der Waals surface area contributed by atoms with E-state index in [-0.39, 0.29) is 5.75 Å². The standard InChI is InChI=1S/C10H11ClO4S/c11-16(12,13)7-4-8-2-1-3-9-10(8)15-6-5-14-9/h1-3H,4-7H2. The number of halogens is 1. The van der Waals surface area contributed by atoms with Crippen molar-refractivity contribution in [3.63, 3.8) is 0 Å². The first kappa shape index (κ1) is 11.5. The van der Waals surface area contributed by atoms with Crippen LogP contribution in [-0.2, 0) is 15.5 Å². The van der Waals surface area contributed by atoms with Crippen LogP contribution in [-0.4, -0.2) is 27.4 Å². The molecule has 1 aliphatic rings. The molecular formula is C10H11ClO4S. The zero-order chi connectivity index (χ0) is 11.6. The van der Waals surface area contributed by atoms with E-state index in [1.807, 2.05) is 12.1 Å². The lowest BCUT2D eigenvalue weighted by Gasteiger charge is -2.20. The molecule has 1 aromatic rings. The number of hydrogen-bond acceptors (Lipinski definition) is 4. The molecule has 0 radical (unpaired) electrons. The molecule has 4 nitrogen and oxygen atoms in total. The van der Waals surface area contributed by atoms with Crippen molar-refractivity contribution in [3.8, 4) is 11.5 Å². The first-order valence-electron chi connectivity index (χ1n) is 4.86. The SMILES string of the molecule is O=S(=O)(Cl)CCc1cccc2c1OCCO2. The second-order valence-corrected chi connectivity index (χ2v) is 6.33. The number of para-hydroxylation sites is 1. The van der Waals surface area contributed by atoms with Crippen molar-refractivity contribution in [2.45, 2.75) is 6.42 Å². The molecule has 0 bridgehead atoms. The third kappa shape index (κ3) is 2.80. The number of rotatable bonds is 3. The molecule has 1 heterocycles. The highest BCUT2D eigenvalue weighted by atomic mass is 35.7. The topological polar surface area (TPSA) is 52.6 Å². The molecule has 1 aliphatic heterocycles. The Morgan fingerprint density at radius 1 is 1.25 bits per heavy atom. The average Bonchev–Trinajstić information content (AvgIpc) is 2.25. The number of ether oxygens (including phenoxy) is 2. The van der Waals surface area contributed by atoms with Crippen LogP contribution in [0.3, 0.4) is 0 Å². The third-order valence-electron chi connectivity index (χ3n) is 2.26. The molecule has 0 unspecified atom stereocenters. The predicted octanol–water partition coefficient (Wildman–Crippen LogP) is 1.57. The molecule has 0 spiro atoms. The first-order valence-corrected chi connectivity index (χ1v) is 7.34. The van der Waals surface area contributed by atoms with Crippen LogP contribution in [0.15, 0.2) is 18.2 Å². The lowest BCUT2D eigenvalue weighted by Crippen LogP contribution is -2.17. The number of benzene rings is 1. The van der Waals surface area contributed by atoms with Gasteiger partial charge in [0.2, 0.25) is 9.05 Å². The van der Waals surface area contributed by atoms with Crippen molar-refractivity contribution in [1.29, 1.82) is 0 Å². The Morgan fingerprint density at radius 3 is 2.75 bits per heavy atom. The summed E-state index contributed by atoms with van der Waals surface area (Å²) in [4.78, 5) is 0. The van der Waals surface area contributed by atoms with Crippen LogP contribution < -0.4 is 9.47 Å². The van der Waals surface area contributed by atoms with Gasteiger partial charge in [-0.25, -0.2) is 8.42 Å². The van der Waals surface area contributed by atoms with Gasteiger partial charge in [-0.2, -0.15) is 0 Å². The van der Waals surface area contributed by atoms with E-state index >= 15 is 0 Å². The summed E-state index contributed by atoms with van der Waals surface area (Å²) >= 11 is 0. The molecule has 0 aromatic heterocycles. The van der Waals surface area contributed by atoms with Gasteiger partial charge in [-0.15, -0.1) is 0 Å². The van der Waals surface area contributed by atoms with Crippen molar-refractivity contribution >= 4 is 19.7 Å². The van der Waals surface area contributed by atoms with Crippen molar-refractivity contribution in [3.05, 3.63) is 23.8 Å². The summed E-state index contributed by atoms with van der Waals surface area (Å²) in [5, 5.41) is 0. The lowest BCUT2D eigenvalue weighted by molar-refractivity contribution is 0.170. The highest BCUT2D eigenvalue weighted by molar-refractivity contribution is 8.13. The van der Waals surface area contributed by atoms with Gasteiger partial charge < -0.3 is 9.47 Å². The molecule has 6 heteroatoms. The maximum atomic E-state index is 10.9. The largest absolute Gasteiger partial charge is 0.486 e. The van der Waals surface area contributed by atoms with Crippen LogP contribution >= 0.6 is 10.7 Å². The zero-order valence-corrected chi connectivity index (χ0v) is 10.1. The highest BCUT2D eigenvalue weighted by Gasteiger charge is 2.16. The minimum absolute atomic E-state index is 0.103. The van der Waals surface area contributed by atoms with Crippen LogP contribution in [0.2, 0.25) is 0 Å². The molecule has 0 saturated carbocycles. The molecular weight excluding hydrogens is 252 g/mol. The molecule has 2 rings (SSSR count). The molecule has 88 valence electrons. The fourth-order valence-corrected chi connectivity index (χ4v) is 2.26. The minimum atomic E-state index is -3.47. The van der Waals surface area contributed by atoms with Gasteiger partial charge in [-0.3, -0.25) is 0 Å². The Morgan fingerprint density at radius 2 is 2.00 bits per heavy atom. The fourth-order valence-electron chi connectivity index (χ4n) is 1.56. The molecule has 16 heavy (non-hydrogen) atoms. The van der Waals surface area contributed by atoms with Gasteiger partial charge in [0, 0.05) is 10.7 Å². The van der Waals surface area contributed by atoms with Crippen LogP contribution in [0.4, 0.5) is 0 Å².